The molecular formula is C26H42N7O19P3S. The molecule has 1 saturated heterocycles. The number of carboxylic acid groups (broad SMARTS) is 1. The predicted molar refractivity (Wildman–Crippen MR) is 189 cm³/mol. The van der Waals surface area contributed by atoms with Crippen LogP contribution in [0.2, 0.25) is 0 Å². The van der Waals surface area contributed by atoms with Crippen molar-refractivity contribution in [1.82, 2.24) is 30.2 Å². The summed E-state index contributed by atoms with van der Waals surface area (Å²) in [5.74, 6) is -3.23. The molecular weight excluding hydrogens is 839 g/mol. The average Bonchev–Trinajstić information content (AvgIpc) is 3.64. The summed E-state index contributed by atoms with van der Waals surface area (Å²) >= 11 is 0.857. The Hall–Kier alpha value is -2.97. The van der Waals surface area contributed by atoms with Crippen molar-refractivity contribution in [2.24, 2.45) is 11.3 Å². The number of carbonyl (C=O) groups excluding carboxylic acids is 3. The highest BCUT2D eigenvalue weighted by atomic mass is 32.2. The molecule has 2 unspecified atom stereocenters. The number of aliphatic hydroxyl groups is 2. The number of rotatable bonds is 22. The van der Waals surface area contributed by atoms with Gasteiger partial charge in [-0.3, -0.25) is 37.3 Å². The fourth-order valence-electron chi connectivity index (χ4n) is 4.77. The maximum absolute atomic E-state index is 12.7. The number of nitrogens with zero attached hydrogens (tertiary/aromatic N) is 4. The SMILES string of the molecule is C[C@@H](CC(=O)O)C(=O)SCCNC(=O)CCNC(=O)[C@H](O)C(C)(C)COP(=O)(O)OP(=O)(O)OC[C@H]1O[C@@H](n2cnc3c(N)ncnc32)[C@H](O)[C@@H]1OP(=O)(O)O. The van der Waals surface area contributed by atoms with Crippen LogP contribution in [0.5, 0.6) is 0 Å². The summed E-state index contributed by atoms with van der Waals surface area (Å²) in [6.45, 7) is 1.67. The molecule has 1 aliphatic heterocycles. The van der Waals surface area contributed by atoms with Gasteiger partial charge >= 0.3 is 29.4 Å². The average molecular weight is 882 g/mol. The van der Waals surface area contributed by atoms with Gasteiger partial charge in [0.25, 0.3) is 0 Å². The monoisotopic (exact) mass is 881 g/mol. The van der Waals surface area contributed by atoms with E-state index in [1.165, 1.54) is 20.8 Å². The number of aliphatic hydroxyl groups excluding tert-OH is 2. The zero-order valence-corrected chi connectivity index (χ0v) is 33.2. The lowest BCUT2D eigenvalue weighted by Crippen LogP contribution is -2.46. The molecule has 26 nitrogen and oxygen atoms in total. The second kappa shape index (κ2) is 19.7. The highest BCUT2D eigenvalue weighted by Gasteiger charge is 2.50. The first kappa shape index (κ1) is 47.4. The molecule has 316 valence electrons. The number of phosphoric ester groups is 3. The third-order valence-corrected chi connectivity index (χ3v) is 11.8. The number of carbonyl (C=O) groups is 4. The van der Waals surface area contributed by atoms with Crippen LogP contribution < -0.4 is 16.4 Å². The number of nitrogens with two attached hydrogens (primary N) is 1. The Morgan fingerprint density at radius 3 is 2.36 bits per heavy atom. The summed E-state index contributed by atoms with van der Waals surface area (Å²) in [5, 5.41) is 34.6. The first-order valence-corrected chi connectivity index (χ1v) is 21.6. The third kappa shape index (κ3) is 14.1. The zero-order chi connectivity index (χ0) is 42.2. The third-order valence-electron chi connectivity index (χ3n) is 7.63. The number of hydrogen-bond donors (Lipinski definition) is 10. The van der Waals surface area contributed by atoms with Gasteiger partial charge in [-0.1, -0.05) is 32.5 Å². The summed E-state index contributed by atoms with van der Waals surface area (Å²) in [6.07, 6.45) is -7.42. The molecule has 30 heteroatoms. The van der Waals surface area contributed by atoms with E-state index in [0.717, 1.165) is 29.0 Å². The van der Waals surface area contributed by atoms with E-state index in [1.807, 2.05) is 0 Å². The topological polar surface area (TPSA) is 401 Å². The Bertz CT molecular complexity index is 1880. The van der Waals surface area contributed by atoms with Crippen molar-refractivity contribution in [3.05, 3.63) is 12.7 Å². The first-order valence-electron chi connectivity index (χ1n) is 16.1. The van der Waals surface area contributed by atoms with Gasteiger partial charge in [0.15, 0.2) is 22.8 Å². The van der Waals surface area contributed by atoms with Crippen LogP contribution in [0.1, 0.15) is 39.8 Å². The number of imidazole rings is 1. The van der Waals surface area contributed by atoms with Gasteiger partial charge in [-0.2, -0.15) is 4.31 Å². The minimum absolute atomic E-state index is 0.0195. The van der Waals surface area contributed by atoms with E-state index < -0.39 is 96.4 Å². The molecule has 11 N–H and O–H groups in total. The number of anilines is 1. The number of aliphatic carboxylic acids is 1. The maximum Gasteiger partial charge on any atom is 0.481 e. The molecule has 1 fully saturated rings. The largest absolute Gasteiger partial charge is 0.481 e. The molecule has 3 heterocycles. The number of aromatic nitrogens is 4. The summed E-state index contributed by atoms with van der Waals surface area (Å²) in [5.41, 5.74) is 4.20. The van der Waals surface area contributed by atoms with Crippen molar-refractivity contribution < 1.29 is 90.4 Å². The molecule has 56 heavy (non-hydrogen) atoms. The van der Waals surface area contributed by atoms with Crippen molar-refractivity contribution >= 4 is 75.1 Å². The lowest BCUT2D eigenvalue weighted by molar-refractivity contribution is -0.139. The lowest BCUT2D eigenvalue weighted by Gasteiger charge is -2.30. The Morgan fingerprint density at radius 2 is 1.71 bits per heavy atom. The molecule has 0 aliphatic carbocycles. The van der Waals surface area contributed by atoms with Crippen LogP contribution in [0.15, 0.2) is 12.7 Å². The number of nitrogen functional groups attached to an aromatic ring is 1. The summed E-state index contributed by atoms with van der Waals surface area (Å²) < 4.78 is 61.9. The summed E-state index contributed by atoms with van der Waals surface area (Å²) in [4.78, 5) is 98.0. The number of carboxylic acids is 1. The normalized spacial score (nSPS) is 22.2. The molecule has 8 atom stereocenters. The Morgan fingerprint density at radius 1 is 1.05 bits per heavy atom. The highest BCUT2D eigenvalue weighted by molar-refractivity contribution is 8.13. The molecule has 1 aliphatic rings. The second-order valence-corrected chi connectivity index (χ2v) is 18.1. The van der Waals surface area contributed by atoms with E-state index in [4.69, 9.17) is 24.6 Å². The maximum atomic E-state index is 12.7. The van der Waals surface area contributed by atoms with Crippen molar-refractivity contribution in [2.75, 3.05) is 37.8 Å². The molecule has 2 aromatic heterocycles. The van der Waals surface area contributed by atoms with Gasteiger partial charge < -0.3 is 56.0 Å². The van der Waals surface area contributed by atoms with Gasteiger partial charge in [-0.25, -0.2) is 28.6 Å². The Balaban J connectivity index is 1.49. The number of thioether (sulfide) groups is 1. The number of amides is 2. The lowest BCUT2D eigenvalue weighted by atomic mass is 9.87. The van der Waals surface area contributed by atoms with Crippen LogP contribution in [0.4, 0.5) is 5.82 Å². The Kier molecular flexibility index (Phi) is 16.6. The standard InChI is InChI=1S/C26H42N7O19P3S/c1-13(8-16(35)36)25(40)56-7-6-28-15(34)4-5-29-23(39)20(38)26(2,3)10-49-55(46,47)52-54(44,45)48-9-14-19(51-53(41,42)43)18(37)24(50-14)33-12-32-17-21(27)30-11-31-22(17)33/h11-14,18-20,24,37-38H,4-10H2,1-3H3,(H,28,34)(H,29,39)(H,35,36)(H,44,45)(H,46,47)(H2,27,30,31)(H2,41,42,43)/t13-,14+,18+,19+,20-,24+/m0/s1. The minimum Gasteiger partial charge on any atom is -0.481 e. The van der Waals surface area contributed by atoms with Crippen LogP contribution in [0, 0.1) is 11.3 Å². The number of ether oxygens (including phenoxy) is 1. The predicted octanol–water partition coefficient (Wildman–Crippen LogP) is -1.22. The van der Waals surface area contributed by atoms with E-state index in [0.29, 0.717) is 0 Å². The van der Waals surface area contributed by atoms with E-state index >= 15 is 0 Å². The van der Waals surface area contributed by atoms with Crippen LogP contribution in [0.3, 0.4) is 0 Å². The zero-order valence-electron chi connectivity index (χ0n) is 29.7. The van der Waals surface area contributed by atoms with Gasteiger partial charge in [0, 0.05) is 36.6 Å². The second-order valence-electron chi connectivity index (χ2n) is 12.7. The Labute approximate surface area is 321 Å². The molecule has 0 spiro atoms. The van der Waals surface area contributed by atoms with Gasteiger partial charge in [-0.05, 0) is 0 Å². The van der Waals surface area contributed by atoms with Crippen molar-refractivity contribution in [3.8, 4) is 0 Å². The van der Waals surface area contributed by atoms with Gasteiger partial charge in [0.2, 0.25) is 11.8 Å². The summed E-state index contributed by atoms with van der Waals surface area (Å²) in [7, 11) is -16.4. The smallest absolute Gasteiger partial charge is 0.481 e. The van der Waals surface area contributed by atoms with Crippen LogP contribution in [-0.4, -0.2) is 134 Å². The minimum atomic E-state index is -5.59. The van der Waals surface area contributed by atoms with E-state index in [2.05, 4.69) is 34.4 Å². The quantitative estimate of drug-likeness (QED) is 0.0489. The van der Waals surface area contributed by atoms with E-state index in [9.17, 15) is 62.7 Å². The number of nitrogens with one attached hydrogen (secondary N) is 2. The van der Waals surface area contributed by atoms with E-state index in [-0.39, 0.29) is 53.8 Å². The van der Waals surface area contributed by atoms with Gasteiger partial charge in [0.05, 0.1) is 26.0 Å². The van der Waals surface area contributed by atoms with Gasteiger partial charge in [-0.15, -0.1) is 0 Å². The number of phosphoric acid groups is 3. The first-order chi connectivity index (χ1) is 25.8. The molecule has 0 radical (unpaired) electrons. The summed E-state index contributed by atoms with van der Waals surface area (Å²) in [6, 6.07) is 0. The van der Waals surface area contributed by atoms with Crippen LogP contribution in [0.25, 0.3) is 11.2 Å². The number of hydrogen-bond acceptors (Lipinski definition) is 19. The fourth-order valence-corrected chi connectivity index (χ4v) is 8.37. The molecule has 3 rings (SSSR count). The molecule has 2 amide bonds. The van der Waals surface area contributed by atoms with Crippen molar-refractivity contribution in [3.63, 3.8) is 0 Å². The molecule has 0 bridgehead atoms. The van der Waals surface area contributed by atoms with Crippen molar-refractivity contribution in [2.45, 2.75) is 64.3 Å². The highest BCUT2D eigenvalue weighted by Crippen LogP contribution is 2.61. The van der Waals surface area contributed by atoms with Gasteiger partial charge in [0.1, 0.15) is 36.3 Å². The van der Waals surface area contributed by atoms with Crippen LogP contribution >= 0.6 is 35.2 Å². The van der Waals surface area contributed by atoms with E-state index in [1.54, 1.807) is 0 Å². The number of fused-ring (bicyclic) bond motifs is 1. The van der Waals surface area contributed by atoms with Crippen LogP contribution in [-0.2, 0) is 55.5 Å². The van der Waals surface area contributed by atoms with Crippen molar-refractivity contribution in [1.29, 1.82) is 0 Å². The molecule has 0 aromatic carbocycles. The fraction of sp³-hybridized carbons (Fsp3) is 0.654. The molecule has 2 aromatic rings. The molecule has 0 saturated carbocycles.